The summed E-state index contributed by atoms with van der Waals surface area (Å²) < 4.78 is 10.2. The van der Waals surface area contributed by atoms with Gasteiger partial charge in [0.25, 0.3) is 5.91 Å². The summed E-state index contributed by atoms with van der Waals surface area (Å²) in [4.78, 5) is 64.9. The summed E-state index contributed by atoms with van der Waals surface area (Å²) in [7, 11) is 0. The minimum absolute atomic E-state index is 0.0837. The van der Waals surface area contributed by atoms with Crippen molar-refractivity contribution in [2.45, 2.75) is 39.3 Å². The zero-order valence-corrected chi connectivity index (χ0v) is 24.6. The molecule has 5 rings (SSSR count). The zero-order valence-electron chi connectivity index (χ0n) is 24.6. The third kappa shape index (κ3) is 6.81. The van der Waals surface area contributed by atoms with Crippen molar-refractivity contribution in [1.82, 2.24) is 25.1 Å². The topological polar surface area (TPSA) is 154 Å². The van der Waals surface area contributed by atoms with Gasteiger partial charge in [-0.1, -0.05) is 51.1 Å². The molecule has 2 aliphatic heterocycles. The number of carboxylic acid groups (broad SMARTS) is 1. The highest BCUT2D eigenvalue weighted by atomic mass is 16.7. The van der Waals surface area contributed by atoms with Crippen molar-refractivity contribution in [3.05, 3.63) is 42.1 Å². The fourth-order valence-electron chi connectivity index (χ4n) is 5.69. The van der Waals surface area contributed by atoms with Crippen LogP contribution in [0.3, 0.4) is 0 Å². The van der Waals surface area contributed by atoms with Crippen LogP contribution >= 0.6 is 0 Å². The maximum absolute atomic E-state index is 13.6. The van der Waals surface area contributed by atoms with Gasteiger partial charge in [0.1, 0.15) is 23.7 Å². The van der Waals surface area contributed by atoms with Gasteiger partial charge in [0.15, 0.2) is 5.82 Å². The van der Waals surface area contributed by atoms with Gasteiger partial charge in [-0.2, -0.15) is 0 Å². The molecule has 2 N–H and O–H groups in total. The first kappa shape index (κ1) is 30.1. The van der Waals surface area contributed by atoms with Gasteiger partial charge in [-0.3, -0.25) is 9.59 Å². The smallest absolute Gasteiger partial charge is 0.450 e. The summed E-state index contributed by atoms with van der Waals surface area (Å²) in [5.41, 5.74) is 0.867. The molecule has 3 heterocycles. The second kappa shape index (κ2) is 12.8. The second-order valence-electron chi connectivity index (χ2n) is 11.5. The number of piperazine rings is 1. The number of carbonyl (C=O) groups excluding carboxylic acids is 3. The number of nitrogens with one attached hydrogen (secondary N) is 1. The molecule has 3 aliphatic rings. The molecule has 3 fully saturated rings. The first-order valence-electron chi connectivity index (χ1n) is 14.8. The van der Waals surface area contributed by atoms with Crippen LogP contribution in [0.2, 0.25) is 0 Å². The highest BCUT2D eigenvalue weighted by Gasteiger charge is 2.59. The van der Waals surface area contributed by atoms with E-state index < -0.39 is 18.1 Å². The van der Waals surface area contributed by atoms with Crippen LogP contribution < -0.4 is 10.2 Å². The number of amides is 3. The van der Waals surface area contributed by atoms with Gasteiger partial charge in [0.05, 0.1) is 6.61 Å². The minimum Gasteiger partial charge on any atom is -0.450 e. The van der Waals surface area contributed by atoms with E-state index in [2.05, 4.69) is 10.3 Å². The first-order chi connectivity index (χ1) is 20.7. The number of anilines is 1. The van der Waals surface area contributed by atoms with Crippen molar-refractivity contribution in [1.29, 1.82) is 0 Å². The molecule has 13 heteroatoms. The van der Waals surface area contributed by atoms with Crippen molar-refractivity contribution < 1.29 is 33.8 Å². The monoisotopic (exact) mass is 594 g/mol. The van der Waals surface area contributed by atoms with Gasteiger partial charge in [0.2, 0.25) is 5.91 Å². The molecular formula is C30H38N6O7. The van der Waals surface area contributed by atoms with Crippen molar-refractivity contribution in [2.75, 3.05) is 50.8 Å². The number of fused-ring (bicyclic) bond motifs is 1. The summed E-state index contributed by atoms with van der Waals surface area (Å²) in [5.74, 6) is 0.189. The molecular weight excluding hydrogens is 556 g/mol. The molecule has 230 valence electrons. The zero-order chi connectivity index (χ0) is 30.7. The van der Waals surface area contributed by atoms with Crippen molar-refractivity contribution in [3.8, 4) is 11.4 Å². The average Bonchev–Trinajstić information content (AvgIpc) is 3.42. The van der Waals surface area contributed by atoms with Crippen LogP contribution in [-0.2, 0) is 14.3 Å². The van der Waals surface area contributed by atoms with Gasteiger partial charge in [0, 0.05) is 62.7 Å². The Balaban J connectivity index is 1.30. The Morgan fingerprint density at radius 3 is 2.26 bits per heavy atom. The Bertz CT molecular complexity index is 1340. The lowest BCUT2D eigenvalue weighted by atomic mass is 10.0. The molecule has 4 atom stereocenters. The maximum Gasteiger partial charge on any atom is 0.506 e. The number of carbonyl (C=O) groups is 4. The van der Waals surface area contributed by atoms with E-state index in [1.54, 1.807) is 15.9 Å². The lowest BCUT2D eigenvalue weighted by molar-refractivity contribution is -0.135. The maximum atomic E-state index is 13.6. The number of hydrogen-bond donors (Lipinski definition) is 2. The van der Waals surface area contributed by atoms with Crippen LogP contribution in [-0.4, -0.2) is 107 Å². The number of aromatic nitrogens is 2. The van der Waals surface area contributed by atoms with Crippen LogP contribution in [0, 0.1) is 17.8 Å². The predicted molar refractivity (Wildman–Crippen MR) is 155 cm³/mol. The summed E-state index contributed by atoms with van der Waals surface area (Å²) >= 11 is 0. The first-order valence-corrected chi connectivity index (χ1v) is 14.8. The quantitative estimate of drug-likeness (QED) is 0.414. The van der Waals surface area contributed by atoms with E-state index in [-0.39, 0.29) is 41.6 Å². The van der Waals surface area contributed by atoms with E-state index in [1.165, 1.54) is 0 Å². The largest absolute Gasteiger partial charge is 0.506 e. The molecule has 3 amide bonds. The molecule has 2 aromatic rings. The van der Waals surface area contributed by atoms with Crippen molar-refractivity contribution >= 4 is 29.9 Å². The number of benzene rings is 1. The summed E-state index contributed by atoms with van der Waals surface area (Å²) in [5, 5.41) is 11.9. The predicted octanol–water partition coefficient (Wildman–Crippen LogP) is 2.72. The van der Waals surface area contributed by atoms with Gasteiger partial charge in [-0.15, -0.1) is 0 Å². The molecule has 13 nitrogen and oxygen atoms in total. The SMILES string of the molecule is CCCOC(=O)N1CCN(C(=O)[C@@H](NC(=O)c2cc(N3C[C@@H]4[C@H](C3)[C@@H]4OC(=O)O)nc(-c3ccccc3)n2)C(C)C)CC1. The Morgan fingerprint density at radius 2 is 1.65 bits per heavy atom. The van der Waals surface area contributed by atoms with Crippen molar-refractivity contribution in [2.24, 2.45) is 17.8 Å². The summed E-state index contributed by atoms with van der Waals surface area (Å²) in [6.45, 7) is 8.55. The van der Waals surface area contributed by atoms with E-state index >= 15 is 0 Å². The Kier molecular flexibility index (Phi) is 8.97. The van der Waals surface area contributed by atoms with Crippen molar-refractivity contribution in [3.63, 3.8) is 0 Å². The van der Waals surface area contributed by atoms with Gasteiger partial charge in [-0.05, 0) is 12.3 Å². The molecule has 0 radical (unpaired) electrons. The summed E-state index contributed by atoms with van der Waals surface area (Å²) in [6.07, 6.45) is -1.23. The number of rotatable bonds is 9. The Labute approximate surface area is 250 Å². The highest BCUT2D eigenvalue weighted by Crippen LogP contribution is 2.48. The number of nitrogens with zero attached hydrogens (tertiary/aromatic N) is 5. The van der Waals surface area contributed by atoms with Gasteiger partial charge >= 0.3 is 12.2 Å². The summed E-state index contributed by atoms with van der Waals surface area (Å²) in [6, 6.07) is 10.1. The van der Waals surface area contributed by atoms with Gasteiger partial charge < -0.3 is 34.6 Å². The van der Waals surface area contributed by atoms with Gasteiger partial charge in [-0.25, -0.2) is 19.6 Å². The van der Waals surface area contributed by atoms with Crippen LogP contribution in [0.4, 0.5) is 15.4 Å². The fourth-order valence-corrected chi connectivity index (χ4v) is 5.69. The standard InChI is InChI=1S/C30H38N6O7/c1-4-14-42-29(39)35-12-10-34(11-13-35)28(38)24(18(2)3)33-27(37)22-15-23(32-26(31-22)19-8-6-5-7-9-19)36-16-20-21(17-36)25(20)43-30(40)41/h5-9,15,18,20-21,24-25H,4,10-14,16-17H2,1-3H3,(H,33,37)(H,40,41)/t20-,21+,24-,25-/m0/s1. The van der Waals surface area contributed by atoms with Crippen LogP contribution in [0.1, 0.15) is 37.7 Å². The third-order valence-electron chi connectivity index (χ3n) is 8.15. The molecule has 1 aromatic heterocycles. The second-order valence-corrected chi connectivity index (χ2v) is 11.5. The van der Waals surface area contributed by atoms with Crippen LogP contribution in [0.25, 0.3) is 11.4 Å². The Hall–Kier alpha value is -4.42. The third-order valence-corrected chi connectivity index (χ3v) is 8.15. The molecule has 0 bridgehead atoms. The molecule has 0 unspecified atom stereocenters. The van der Waals surface area contributed by atoms with E-state index in [0.29, 0.717) is 57.5 Å². The number of hydrogen-bond acceptors (Lipinski definition) is 9. The van der Waals surface area contributed by atoms with Crippen LogP contribution in [0.15, 0.2) is 36.4 Å². The van der Waals surface area contributed by atoms with E-state index in [1.807, 2.05) is 56.0 Å². The highest BCUT2D eigenvalue weighted by molar-refractivity contribution is 5.97. The normalized spacial score (nSPS) is 21.7. The van der Waals surface area contributed by atoms with E-state index in [9.17, 15) is 19.2 Å². The van der Waals surface area contributed by atoms with E-state index in [0.717, 1.165) is 12.0 Å². The lowest BCUT2D eigenvalue weighted by Crippen LogP contribution is -2.57. The molecule has 1 aliphatic carbocycles. The Morgan fingerprint density at radius 1 is 1.00 bits per heavy atom. The fraction of sp³-hybridized carbons (Fsp3) is 0.533. The molecule has 43 heavy (non-hydrogen) atoms. The molecule has 0 spiro atoms. The molecule has 1 aromatic carbocycles. The van der Waals surface area contributed by atoms with E-state index in [4.69, 9.17) is 19.6 Å². The lowest BCUT2D eigenvalue weighted by Gasteiger charge is -2.36. The number of piperidine rings is 1. The molecule has 2 saturated heterocycles. The molecule has 1 saturated carbocycles. The average molecular weight is 595 g/mol. The number of ether oxygens (including phenoxy) is 2. The minimum atomic E-state index is -1.27. The van der Waals surface area contributed by atoms with Crippen LogP contribution in [0.5, 0.6) is 0 Å².